The lowest BCUT2D eigenvalue weighted by molar-refractivity contribution is -0.118. The molecule has 5 nitrogen and oxygen atoms in total. The van der Waals surface area contributed by atoms with Gasteiger partial charge in [-0.1, -0.05) is 24.3 Å². The molecule has 0 aromatic heterocycles. The number of fused-ring (bicyclic) bond motifs is 2. The second kappa shape index (κ2) is 6.12. The van der Waals surface area contributed by atoms with Crippen molar-refractivity contribution in [3.8, 4) is 0 Å². The first-order valence-corrected chi connectivity index (χ1v) is 7.57. The van der Waals surface area contributed by atoms with Crippen molar-refractivity contribution in [2.45, 2.75) is 6.92 Å². The predicted molar refractivity (Wildman–Crippen MR) is 91.3 cm³/mol. The van der Waals surface area contributed by atoms with E-state index < -0.39 is 0 Å². The maximum Gasteiger partial charge on any atom is 0.260 e. The van der Waals surface area contributed by atoms with E-state index in [1.807, 2.05) is 60.5 Å². The molecular weight excluding hydrogens is 290 g/mol. The highest BCUT2D eigenvalue weighted by Gasteiger charge is 2.28. The molecule has 0 spiro atoms. The first kappa shape index (κ1) is 15.1. The third-order valence-electron chi connectivity index (χ3n) is 3.98. The summed E-state index contributed by atoms with van der Waals surface area (Å²) in [4.78, 5) is 27.9. The Kier molecular flexibility index (Phi) is 4.02. The van der Waals surface area contributed by atoms with Crippen LogP contribution in [0.5, 0.6) is 0 Å². The minimum absolute atomic E-state index is 0.0530. The van der Waals surface area contributed by atoms with Gasteiger partial charge in [0.1, 0.15) is 0 Å². The summed E-state index contributed by atoms with van der Waals surface area (Å²) >= 11 is 0. The Hall–Kier alpha value is -2.82. The molecule has 2 amide bonds. The molecule has 0 aliphatic carbocycles. The van der Waals surface area contributed by atoms with Crippen molar-refractivity contribution in [1.82, 2.24) is 5.32 Å². The van der Waals surface area contributed by atoms with Crippen molar-refractivity contribution >= 4 is 28.9 Å². The molecule has 1 aliphatic rings. The Morgan fingerprint density at radius 2 is 1.61 bits per heavy atom. The highest BCUT2D eigenvalue weighted by atomic mass is 16.2. The van der Waals surface area contributed by atoms with E-state index in [1.165, 1.54) is 6.92 Å². The molecule has 5 heteroatoms. The Labute approximate surface area is 135 Å². The van der Waals surface area contributed by atoms with Gasteiger partial charge in [0.25, 0.3) is 5.91 Å². The summed E-state index contributed by atoms with van der Waals surface area (Å²) in [5, 5.41) is 2.75. The molecule has 23 heavy (non-hydrogen) atoms. The number of hydrogen-bond donors (Lipinski definition) is 1. The molecule has 3 rings (SSSR count). The lowest BCUT2D eigenvalue weighted by Crippen LogP contribution is -2.37. The molecular formula is C18H19N3O2. The Morgan fingerprint density at radius 1 is 1.00 bits per heavy atom. The van der Waals surface area contributed by atoms with Crippen LogP contribution in [-0.2, 0) is 4.79 Å². The van der Waals surface area contributed by atoms with Crippen LogP contribution in [0.15, 0.2) is 48.5 Å². The fourth-order valence-corrected chi connectivity index (χ4v) is 2.87. The quantitative estimate of drug-likeness (QED) is 0.948. The summed E-state index contributed by atoms with van der Waals surface area (Å²) in [6.07, 6.45) is 0. The topological polar surface area (TPSA) is 52.7 Å². The molecule has 1 N–H and O–H groups in total. The molecule has 1 heterocycles. The van der Waals surface area contributed by atoms with Gasteiger partial charge < -0.3 is 15.1 Å². The zero-order valence-electron chi connectivity index (χ0n) is 13.2. The normalized spacial score (nSPS) is 13.2. The zero-order chi connectivity index (χ0) is 16.4. The average Bonchev–Trinajstić information content (AvgIpc) is 2.65. The Morgan fingerprint density at radius 3 is 2.30 bits per heavy atom. The number of nitrogens with one attached hydrogen (secondary N) is 1. The Balaban J connectivity index is 2.06. The molecule has 0 radical (unpaired) electrons. The molecule has 1 aliphatic heterocycles. The number of anilines is 3. The maximum absolute atomic E-state index is 13.0. The van der Waals surface area contributed by atoms with Crippen LogP contribution in [0.25, 0.3) is 0 Å². The van der Waals surface area contributed by atoms with Gasteiger partial charge in [-0.05, 0) is 24.3 Å². The molecule has 0 saturated carbocycles. The van der Waals surface area contributed by atoms with E-state index in [1.54, 1.807) is 4.90 Å². The van der Waals surface area contributed by atoms with Crippen molar-refractivity contribution in [3.63, 3.8) is 0 Å². The maximum atomic E-state index is 13.0. The van der Waals surface area contributed by atoms with Gasteiger partial charge in [0.15, 0.2) is 0 Å². The van der Waals surface area contributed by atoms with Crippen LogP contribution in [0.3, 0.4) is 0 Å². The molecule has 0 atom stereocenters. The first-order valence-electron chi connectivity index (χ1n) is 7.57. The summed E-state index contributed by atoms with van der Waals surface area (Å²) < 4.78 is 0. The number of carbonyl (C=O) groups excluding carboxylic acids is 2. The van der Waals surface area contributed by atoms with Gasteiger partial charge in [-0.25, -0.2) is 0 Å². The lowest BCUT2D eigenvalue weighted by Gasteiger charge is -2.24. The summed E-state index contributed by atoms with van der Waals surface area (Å²) in [5.41, 5.74) is 3.36. The summed E-state index contributed by atoms with van der Waals surface area (Å²) in [6.45, 7) is 2.32. The third-order valence-corrected chi connectivity index (χ3v) is 3.98. The van der Waals surface area contributed by atoms with Gasteiger partial charge in [-0.15, -0.1) is 0 Å². The highest BCUT2D eigenvalue weighted by molar-refractivity contribution is 6.13. The van der Waals surface area contributed by atoms with Gasteiger partial charge in [0.05, 0.1) is 22.6 Å². The van der Waals surface area contributed by atoms with E-state index in [4.69, 9.17) is 0 Å². The molecule has 0 bridgehead atoms. The molecule has 0 unspecified atom stereocenters. The summed E-state index contributed by atoms with van der Waals surface area (Å²) in [5.74, 6) is -0.152. The predicted octanol–water partition coefficient (Wildman–Crippen LogP) is 2.55. The largest absolute Gasteiger partial charge is 0.355 e. The Bertz CT molecular complexity index is 757. The number of carbonyl (C=O) groups is 2. The molecule has 2 aromatic carbocycles. The minimum atomic E-state index is -0.0990. The number of amides is 2. The summed E-state index contributed by atoms with van der Waals surface area (Å²) in [6, 6.07) is 15.4. The monoisotopic (exact) mass is 309 g/mol. The van der Waals surface area contributed by atoms with E-state index >= 15 is 0 Å². The van der Waals surface area contributed by atoms with Crippen molar-refractivity contribution in [3.05, 3.63) is 54.1 Å². The number of benzene rings is 2. The van der Waals surface area contributed by atoms with Crippen molar-refractivity contribution in [2.75, 3.05) is 29.9 Å². The van der Waals surface area contributed by atoms with Gasteiger partial charge in [-0.2, -0.15) is 0 Å². The standard InChI is InChI=1S/C18H19N3O2/c1-13(22)19-11-12-21-17-10-6-5-9-16(17)20(2)15-8-4-3-7-14(15)18(21)23/h3-10H,11-12H2,1-2H3,(H,19,22). The minimum Gasteiger partial charge on any atom is -0.355 e. The molecule has 0 saturated heterocycles. The van der Waals surface area contributed by atoms with E-state index in [0.717, 1.165) is 17.1 Å². The van der Waals surface area contributed by atoms with E-state index in [2.05, 4.69) is 5.32 Å². The number of hydrogen-bond acceptors (Lipinski definition) is 3. The smallest absolute Gasteiger partial charge is 0.260 e. The van der Waals surface area contributed by atoms with Crippen LogP contribution in [0.2, 0.25) is 0 Å². The molecule has 2 aromatic rings. The van der Waals surface area contributed by atoms with Crippen molar-refractivity contribution in [2.24, 2.45) is 0 Å². The van der Waals surface area contributed by atoms with Crippen LogP contribution in [0.4, 0.5) is 17.1 Å². The fourth-order valence-electron chi connectivity index (χ4n) is 2.87. The fraction of sp³-hybridized carbons (Fsp3) is 0.222. The average molecular weight is 309 g/mol. The van der Waals surface area contributed by atoms with Crippen molar-refractivity contribution < 1.29 is 9.59 Å². The van der Waals surface area contributed by atoms with E-state index in [-0.39, 0.29) is 11.8 Å². The second-order valence-corrected chi connectivity index (χ2v) is 5.50. The van der Waals surface area contributed by atoms with E-state index in [0.29, 0.717) is 18.7 Å². The SMILES string of the molecule is CC(=O)NCCN1C(=O)c2ccccc2N(C)c2ccccc21. The van der Waals surface area contributed by atoms with Crippen LogP contribution in [0, 0.1) is 0 Å². The summed E-state index contributed by atoms with van der Waals surface area (Å²) in [7, 11) is 1.96. The van der Waals surface area contributed by atoms with Gasteiger partial charge in [0.2, 0.25) is 5.91 Å². The van der Waals surface area contributed by atoms with Gasteiger partial charge in [-0.3, -0.25) is 9.59 Å². The highest BCUT2D eigenvalue weighted by Crippen LogP contribution is 2.39. The van der Waals surface area contributed by atoms with Gasteiger partial charge in [0, 0.05) is 27.1 Å². The van der Waals surface area contributed by atoms with Crippen LogP contribution in [0.1, 0.15) is 17.3 Å². The molecule has 118 valence electrons. The first-order chi connectivity index (χ1) is 11.1. The van der Waals surface area contributed by atoms with Crippen LogP contribution < -0.4 is 15.1 Å². The number of rotatable bonds is 3. The molecule has 0 fully saturated rings. The van der Waals surface area contributed by atoms with Crippen LogP contribution in [-0.4, -0.2) is 32.0 Å². The number of para-hydroxylation sites is 3. The second-order valence-electron chi connectivity index (χ2n) is 5.50. The van der Waals surface area contributed by atoms with Crippen LogP contribution >= 0.6 is 0 Å². The third kappa shape index (κ3) is 2.77. The van der Waals surface area contributed by atoms with E-state index in [9.17, 15) is 9.59 Å². The van der Waals surface area contributed by atoms with Gasteiger partial charge >= 0.3 is 0 Å². The van der Waals surface area contributed by atoms with Crippen molar-refractivity contribution in [1.29, 1.82) is 0 Å². The zero-order valence-corrected chi connectivity index (χ0v) is 13.2. The number of nitrogens with zero attached hydrogens (tertiary/aromatic N) is 2. The lowest BCUT2D eigenvalue weighted by atomic mass is 10.1.